The third kappa shape index (κ3) is 8.70. The molecule has 39 heavy (non-hydrogen) atoms. The number of rotatable bonds is 11. The van der Waals surface area contributed by atoms with Gasteiger partial charge >= 0.3 is 0 Å². The van der Waals surface area contributed by atoms with Gasteiger partial charge < -0.3 is 10.2 Å². The van der Waals surface area contributed by atoms with Crippen molar-refractivity contribution < 1.29 is 18.0 Å². The lowest BCUT2D eigenvalue weighted by Gasteiger charge is -2.34. The number of hydrogen-bond donors (Lipinski definition) is 1. The van der Waals surface area contributed by atoms with Crippen LogP contribution in [-0.2, 0) is 32.6 Å². The van der Waals surface area contributed by atoms with E-state index < -0.39 is 28.5 Å². The summed E-state index contributed by atoms with van der Waals surface area (Å²) in [5, 5.41) is 3.08. The van der Waals surface area contributed by atoms with E-state index in [0.29, 0.717) is 0 Å². The molecule has 0 unspecified atom stereocenters. The van der Waals surface area contributed by atoms with Gasteiger partial charge in [0.2, 0.25) is 21.8 Å². The van der Waals surface area contributed by atoms with Crippen LogP contribution in [0.5, 0.6) is 0 Å². The SMILES string of the molecule is CC(C)NC(=O)[C@H](Cc1ccccc1)N(Cc1ccc(Br)cc1)C(=O)CN(c1cccc(Cl)c1Cl)S(C)(=O)=O. The van der Waals surface area contributed by atoms with E-state index in [4.69, 9.17) is 23.2 Å². The Hall–Kier alpha value is -2.59. The van der Waals surface area contributed by atoms with Gasteiger partial charge in [0.15, 0.2) is 0 Å². The maximum atomic E-state index is 14.0. The molecule has 0 bridgehead atoms. The molecular formula is C28H30BrCl2N3O4S. The highest BCUT2D eigenvalue weighted by Gasteiger charge is 2.33. The highest BCUT2D eigenvalue weighted by molar-refractivity contribution is 9.10. The van der Waals surface area contributed by atoms with E-state index in [1.54, 1.807) is 6.07 Å². The summed E-state index contributed by atoms with van der Waals surface area (Å²) < 4.78 is 27.5. The molecule has 3 aromatic carbocycles. The number of anilines is 1. The highest BCUT2D eigenvalue weighted by atomic mass is 79.9. The number of sulfonamides is 1. The van der Waals surface area contributed by atoms with Gasteiger partial charge in [0.1, 0.15) is 12.6 Å². The van der Waals surface area contributed by atoms with Crippen LogP contribution >= 0.6 is 39.1 Å². The zero-order chi connectivity index (χ0) is 28.7. The Morgan fingerprint density at radius 3 is 2.15 bits per heavy atom. The van der Waals surface area contributed by atoms with Crippen LogP contribution in [0.25, 0.3) is 0 Å². The first kappa shape index (κ1) is 30.9. The maximum absolute atomic E-state index is 14.0. The molecule has 2 amide bonds. The van der Waals surface area contributed by atoms with Crippen LogP contribution < -0.4 is 9.62 Å². The number of nitrogens with zero attached hydrogens (tertiary/aromatic N) is 2. The van der Waals surface area contributed by atoms with Crippen molar-refractivity contribution in [2.45, 2.75) is 38.9 Å². The van der Waals surface area contributed by atoms with Crippen molar-refractivity contribution in [1.82, 2.24) is 10.2 Å². The number of hydrogen-bond acceptors (Lipinski definition) is 4. The smallest absolute Gasteiger partial charge is 0.244 e. The summed E-state index contributed by atoms with van der Waals surface area (Å²) in [4.78, 5) is 29.0. The van der Waals surface area contributed by atoms with Crippen LogP contribution in [0, 0.1) is 0 Å². The van der Waals surface area contributed by atoms with E-state index in [9.17, 15) is 18.0 Å². The van der Waals surface area contributed by atoms with E-state index >= 15 is 0 Å². The first-order valence-electron chi connectivity index (χ1n) is 12.2. The van der Waals surface area contributed by atoms with Crippen LogP contribution in [0.15, 0.2) is 77.3 Å². The predicted molar refractivity (Wildman–Crippen MR) is 161 cm³/mol. The van der Waals surface area contributed by atoms with Gasteiger partial charge in [-0.25, -0.2) is 8.42 Å². The van der Waals surface area contributed by atoms with Crippen molar-refractivity contribution in [1.29, 1.82) is 0 Å². The number of carbonyl (C=O) groups excluding carboxylic acids is 2. The molecule has 0 aliphatic heterocycles. The molecular weight excluding hydrogens is 625 g/mol. The molecule has 0 heterocycles. The number of carbonyl (C=O) groups is 2. The van der Waals surface area contributed by atoms with E-state index in [0.717, 1.165) is 26.2 Å². The number of halogens is 3. The third-order valence-electron chi connectivity index (χ3n) is 5.85. The fourth-order valence-corrected chi connectivity index (χ4v) is 5.57. The Balaban J connectivity index is 2.07. The van der Waals surface area contributed by atoms with Gasteiger partial charge in [0.05, 0.1) is 22.0 Å². The first-order chi connectivity index (χ1) is 18.4. The normalized spacial score (nSPS) is 12.2. The second-order valence-electron chi connectivity index (χ2n) is 9.36. The van der Waals surface area contributed by atoms with Crippen LogP contribution in [0.3, 0.4) is 0 Å². The summed E-state index contributed by atoms with van der Waals surface area (Å²) in [6.07, 6.45) is 1.22. The summed E-state index contributed by atoms with van der Waals surface area (Å²) in [6, 6.07) is 20.2. The van der Waals surface area contributed by atoms with Gasteiger partial charge in [0, 0.05) is 23.5 Å². The molecule has 0 aliphatic rings. The van der Waals surface area contributed by atoms with Crippen molar-refractivity contribution in [2.24, 2.45) is 0 Å². The van der Waals surface area contributed by atoms with Gasteiger partial charge in [-0.1, -0.05) is 87.7 Å². The van der Waals surface area contributed by atoms with Gasteiger partial charge in [-0.3, -0.25) is 13.9 Å². The fraction of sp³-hybridized carbons (Fsp3) is 0.286. The molecule has 0 aromatic heterocycles. The Morgan fingerprint density at radius 2 is 1.56 bits per heavy atom. The minimum Gasteiger partial charge on any atom is -0.352 e. The summed E-state index contributed by atoms with van der Waals surface area (Å²) >= 11 is 15.9. The van der Waals surface area contributed by atoms with Gasteiger partial charge in [-0.05, 0) is 49.2 Å². The zero-order valence-corrected chi connectivity index (χ0v) is 25.7. The van der Waals surface area contributed by atoms with Gasteiger partial charge in [-0.15, -0.1) is 0 Å². The molecule has 0 fully saturated rings. The molecule has 11 heteroatoms. The topological polar surface area (TPSA) is 86.8 Å². The summed E-state index contributed by atoms with van der Waals surface area (Å²) in [7, 11) is -3.95. The van der Waals surface area contributed by atoms with Crippen molar-refractivity contribution in [3.05, 3.63) is 98.4 Å². The van der Waals surface area contributed by atoms with E-state index in [1.807, 2.05) is 68.4 Å². The van der Waals surface area contributed by atoms with E-state index in [2.05, 4.69) is 21.2 Å². The lowest BCUT2D eigenvalue weighted by atomic mass is 10.0. The van der Waals surface area contributed by atoms with Crippen LogP contribution in [0.4, 0.5) is 5.69 Å². The largest absolute Gasteiger partial charge is 0.352 e. The lowest BCUT2D eigenvalue weighted by molar-refractivity contribution is -0.140. The van der Waals surface area contributed by atoms with Gasteiger partial charge in [0.25, 0.3) is 0 Å². The molecule has 0 saturated carbocycles. The molecule has 3 rings (SSSR count). The Labute approximate surface area is 248 Å². The molecule has 1 N–H and O–H groups in total. The van der Waals surface area contributed by atoms with E-state index in [-0.39, 0.29) is 40.6 Å². The minimum absolute atomic E-state index is 0.00948. The van der Waals surface area contributed by atoms with Crippen molar-refractivity contribution in [2.75, 3.05) is 17.1 Å². The lowest BCUT2D eigenvalue weighted by Crippen LogP contribution is -2.54. The third-order valence-corrected chi connectivity index (χ3v) is 8.31. The second kappa shape index (κ2) is 13.7. The van der Waals surface area contributed by atoms with Crippen molar-refractivity contribution in [3.8, 4) is 0 Å². The van der Waals surface area contributed by atoms with Crippen LogP contribution in [0.2, 0.25) is 10.0 Å². The quantitative estimate of drug-likeness (QED) is 0.288. The Kier molecular flexibility index (Phi) is 10.8. The summed E-state index contributed by atoms with van der Waals surface area (Å²) in [5.41, 5.74) is 1.70. The zero-order valence-electron chi connectivity index (χ0n) is 21.8. The molecule has 0 spiro atoms. The van der Waals surface area contributed by atoms with E-state index in [1.165, 1.54) is 17.0 Å². The summed E-state index contributed by atoms with van der Waals surface area (Å²) in [5.74, 6) is -0.912. The number of nitrogens with one attached hydrogen (secondary N) is 1. The van der Waals surface area contributed by atoms with Gasteiger partial charge in [-0.2, -0.15) is 0 Å². The van der Waals surface area contributed by atoms with Crippen molar-refractivity contribution in [3.63, 3.8) is 0 Å². The fourth-order valence-electron chi connectivity index (χ4n) is 4.00. The molecule has 1 atom stereocenters. The maximum Gasteiger partial charge on any atom is 0.244 e. The minimum atomic E-state index is -3.95. The van der Waals surface area contributed by atoms with Crippen LogP contribution in [0.1, 0.15) is 25.0 Å². The average Bonchev–Trinajstić information content (AvgIpc) is 2.87. The molecule has 0 saturated heterocycles. The first-order valence-corrected chi connectivity index (χ1v) is 15.6. The molecule has 0 aliphatic carbocycles. The van der Waals surface area contributed by atoms with Crippen LogP contribution in [-0.4, -0.2) is 50.0 Å². The highest BCUT2D eigenvalue weighted by Crippen LogP contribution is 2.34. The standard InChI is InChI=1S/C28H30BrCl2N3O4S/c1-19(2)32-28(36)25(16-20-8-5-4-6-9-20)33(17-21-12-14-22(29)15-13-21)26(35)18-34(39(3,37)38)24-11-7-10-23(30)27(24)31/h4-15,19,25H,16-18H2,1-3H3,(H,32,36)/t25-/m0/s1. The average molecular weight is 655 g/mol. The monoisotopic (exact) mass is 653 g/mol. The summed E-state index contributed by atoms with van der Waals surface area (Å²) in [6.45, 7) is 3.18. The molecule has 3 aromatic rings. The Bertz CT molecular complexity index is 1400. The molecule has 208 valence electrons. The second-order valence-corrected chi connectivity index (χ2v) is 13.0. The number of benzene rings is 3. The number of amides is 2. The molecule has 0 radical (unpaired) electrons. The molecule has 7 nitrogen and oxygen atoms in total. The Morgan fingerprint density at radius 1 is 0.923 bits per heavy atom. The predicted octanol–water partition coefficient (Wildman–Crippen LogP) is 5.69. The van der Waals surface area contributed by atoms with Crippen molar-refractivity contribution >= 4 is 66.7 Å².